The number of amides is 2. The van der Waals surface area contributed by atoms with Crippen molar-refractivity contribution in [2.24, 2.45) is 0 Å². The number of benzene rings is 1. The molecule has 0 aromatic heterocycles. The van der Waals surface area contributed by atoms with Crippen molar-refractivity contribution in [3.8, 4) is 0 Å². The maximum absolute atomic E-state index is 12.9. The van der Waals surface area contributed by atoms with Crippen LogP contribution in [0.4, 0.5) is 0 Å². The Labute approximate surface area is 156 Å². The van der Waals surface area contributed by atoms with Gasteiger partial charge >= 0.3 is 0 Å². The van der Waals surface area contributed by atoms with Crippen LogP contribution in [-0.2, 0) is 14.3 Å². The van der Waals surface area contributed by atoms with Gasteiger partial charge in [-0.05, 0) is 47.4 Å². The number of carbonyl (C=O) groups excluding carboxylic acids is 2. The highest BCUT2D eigenvalue weighted by molar-refractivity contribution is 5.86. The van der Waals surface area contributed by atoms with Crippen LogP contribution in [-0.4, -0.2) is 66.5 Å². The number of hydrogen-bond donors (Lipinski definition) is 1. The van der Waals surface area contributed by atoms with E-state index in [-0.39, 0.29) is 30.0 Å². The summed E-state index contributed by atoms with van der Waals surface area (Å²) in [6.45, 7) is 8.47. The lowest BCUT2D eigenvalue weighted by Crippen LogP contribution is -2.58. The Hall–Kier alpha value is -1.92. The highest BCUT2D eigenvalue weighted by Crippen LogP contribution is 2.32. The third kappa shape index (κ3) is 4.43. The molecule has 1 aliphatic rings. The SMILES string of the molecule is CC(C)N1C(=O)CO[C@H](C(=O)NCC(C)(C)N(C)C)[C@H]1c1ccccc1. The standard InChI is InChI=1S/C20H31N3O3/c1-14(2)23-16(24)12-26-18(17(23)15-10-8-7-9-11-15)19(25)21-13-20(3,4)22(5)6/h7-11,14,17-18H,12-13H2,1-6H3,(H,21,25)/t17-,18+/m1/s1. The summed E-state index contributed by atoms with van der Waals surface area (Å²) in [7, 11) is 3.96. The molecule has 1 aliphatic heterocycles. The van der Waals surface area contributed by atoms with Crippen molar-refractivity contribution in [2.45, 2.75) is 51.4 Å². The molecule has 144 valence electrons. The second kappa shape index (κ2) is 8.18. The average Bonchev–Trinajstić information content (AvgIpc) is 2.59. The first-order chi connectivity index (χ1) is 12.1. The van der Waals surface area contributed by atoms with E-state index in [1.165, 1.54) is 0 Å². The molecule has 1 heterocycles. The Bertz CT molecular complexity index is 628. The lowest BCUT2D eigenvalue weighted by molar-refractivity contribution is -0.167. The van der Waals surface area contributed by atoms with Crippen molar-refractivity contribution in [2.75, 3.05) is 27.2 Å². The van der Waals surface area contributed by atoms with Gasteiger partial charge in [-0.15, -0.1) is 0 Å². The van der Waals surface area contributed by atoms with Gasteiger partial charge in [0.2, 0.25) is 5.91 Å². The summed E-state index contributed by atoms with van der Waals surface area (Å²) in [5.74, 6) is -0.279. The van der Waals surface area contributed by atoms with Gasteiger partial charge in [-0.2, -0.15) is 0 Å². The summed E-state index contributed by atoms with van der Waals surface area (Å²) in [5.41, 5.74) is 0.724. The van der Waals surface area contributed by atoms with Crippen LogP contribution in [0.3, 0.4) is 0 Å². The predicted molar refractivity (Wildman–Crippen MR) is 102 cm³/mol. The maximum Gasteiger partial charge on any atom is 0.251 e. The van der Waals surface area contributed by atoms with Gasteiger partial charge in [0.1, 0.15) is 6.61 Å². The molecule has 6 nitrogen and oxygen atoms in total. The Kier molecular flexibility index (Phi) is 6.42. The molecule has 1 saturated heterocycles. The number of nitrogens with one attached hydrogen (secondary N) is 1. The zero-order chi connectivity index (χ0) is 19.5. The molecule has 2 atom stereocenters. The van der Waals surface area contributed by atoms with E-state index in [1.54, 1.807) is 4.90 Å². The van der Waals surface area contributed by atoms with Crippen molar-refractivity contribution >= 4 is 11.8 Å². The molecule has 2 rings (SSSR count). The molecule has 6 heteroatoms. The highest BCUT2D eigenvalue weighted by Gasteiger charge is 2.43. The second-order valence-electron chi connectivity index (χ2n) is 7.91. The Morgan fingerprint density at radius 2 is 1.92 bits per heavy atom. The molecule has 0 saturated carbocycles. The van der Waals surface area contributed by atoms with Crippen molar-refractivity contribution in [1.29, 1.82) is 0 Å². The Balaban J connectivity index is 2.26. The van der Waals surface area contributed by atoms with E-state index in [1.807, 2.05) is 58.3 Å². The molecule has 26 heavy (non-hydrogen) atoms. The van der Waals surface area contributed by atoms with E-state index >= 15 is 0 Å². The quantitative estimate of drug-likeness (QED) is 0.840. The summed E-state index contributed by atoms with van der Waals surface area (Å²) in [4.78, 5) is 29.2. The summed E-state index contributed by atoms with van der Waals surface area (Å²) < 4.78 is 5.71. The topological polar surface area (TPSA) is 61.9 Å². The minimum Gasteiger partial charge on any atom is -0.356 e. The molecular weight excluding hydrogens is 330 g/mol. The smallest absolute Gasteiger partial charge is 0.251 e. The molecule has 1 N–H and O–H groups in total. The van der Waals surface area contributed by atoms with Gasteiger partial charge in [-0.25, -0.2) is 0 Å². The van der Waals surface area contributed by atoms with Crippen molar-refractivity contribution in [3.63, 3.8) is 0 Å². The number of likely N-dealkylation sites (N-methyl/N-ethyl adjacent to an activating group) is 1. The fraction of sp³-hybridized carbons (Fsp3) is 0.600. The van der Waals surface area contributed by atoms with E-state index < -0.39 is 12.1 Å². The third-order valence-corrected chi connectivity index (χ3v) is 5.12. The summed E-state index contributed by atoms with van der Waals surface area (Å²) in [6, 6.07) is 9.17. The molecule has 0 aliphatic carbocycles. The zero-order valence-electron chi connectivity index (χ0n) is 16.7. The van der Waals surface area contributed by atoms with Gasteiger partial charge in [0.05, 0.1) is 6.04 Å². The lowest BCUT2D eigenvalue weighted by Gasteiger charge is -2.43. The fourth-order valence-corrected chi connectivity index (χ4v) is 3.00. The summed E-state index contributed by atoms with van der Waals surface area (Å²) in [5, 5.41) is 3.00. The largest absolute Gasteiger partial charge is 0.356 e. The first-order valence-electron chi connectivity index (χ1n) is 9.08. The Morgan fingerprint density at radius 1 is 1.31 bits per heavy atom. The zero-order valence-corrected chi connectivity index (χ0v) is 16.7. The van der Waals surface area contributed by atoms with Gasteiger partial charge in [-0.3, -0.25) is 9.59 Å². The molecule has 2 amide bonds. The highest BCUT2D eigenvalue weighted by atomic mass is 16.5. The van der Waals surface area contributed by atoms with Crippen LogP contribution in [0, 0.1) is 0 Å². The molecule has 1 fully saturated rings. The van der Waals surface area contributed by atoms with E-state index in [0.717, 1.165) is 5.56 Å². The number of nitrogens with zero attached hydrogens (tertiary/aromatic N) is 2. The molecule has 0 unspecified atom stereocenters. The van der Waals surface area contributed by atoms with Gasteiger partial charge in [0.25, 0.3) is 5.91 Å². The van der Waals surface area contributed by atoms with Gasteiger partial charge in [0.15, 0.2) is 6.10 Å². The molecule has 0 spiro atoms. The fourth-order valence-electron chi connectivity index (χ4n) is 3.00. The minimum absolute atomic E-state index is 0.0230. The van der Waals surface area contributed by atoms with Crippen LogP contribution in [0.25, 0.3) is 0 Å². The minimum atomic E-state index is -0.726. The average molecular weight is 361 g/mol. The molecule has 1 aromatic rings. The van der Waals surface area contributed by atoms with Gasteiger partial charge < -0.3 is 19.9 Å². The lowest BCUT2D eigenvalue weighted by atomic mass is 9.95. The van der Waals surface area contributed by atoms with Crippen molar-refractivity contribution in [1.82, 2.24) is 15.1 Å². The number of rotatable bonds is 6. The summed E-state index contributed by atoms with van der Waals surface area (Å²) in [6.07, 6.45) is -0.726. The van der Waals surface area contributed by atoms with Gasteiger partial charge in [0, 0.05) is 18.1 Å². The van der Waals surface area contributed by atoms with E-state index in [2.05, 4.69) is 24.1 Å². The first-order valence-corrected chi connectivity index (χ1v) is 9.08. The van der Waals surface area contributed by atoms with Crippen molar-refractivity contribution < 1.29 is 14.3 Å². The van der Waals surface area contributed by atoms with Crippen LogP contribution >= 0.6 is 0 Å². The number of carbonyl (C=O) groups is 2. The van der Waals surface area contributed by atoms with E-state index in [0.29, 0.717) is 6.54 Å². The number of hydrogen-bond acceptors (Lipinski definition) is 4. The first kappa shape index (κ1) is 20.4. The van der Waals surface area contributed by atoms with Gasteiger partial charge in [-0.1, -0.05) is 30.3 Å². The molecule has 0 bridgehead atoms. The molecule has 0 radical (unpaired) electrons. The van der Waals surface area contributed by atoms with Crippen LogP contribution in [0.2, 0.25) is 0 Å². The van der Waals surface area contributed by atoms with Crippen LogP contribution in [0.1, 0.15) is 39.3 Å². The Morgan fingerprint density at radius 3 is 2.46 bits per heavy atom. The maximum atomic E-state index is 12.9. The van der Waals surface area contributed by atoms with Crippen molar-refractivity contribution in [3.05, 3.63) is 35.9 Å². The summed E-state index contributed by atoms with van der Waals surface area (Å²) >= 11 is 0. The number of ether oxygens (including phenoxy) is 1. The second-order valence-corrected chi connectivity index (χ2v) is 7.91. The number of morpholine rings is 1. The monoisotopic (exact) mass is 361 g/mol. The third-order valence-electron chi connectivity index (χ3n) is 5.12. The van der Waals surface area contributed by atoms with Crippen LogP contribution in [0.15, 0.2) is 30.3 Å². The van der Waals surface area contributed by atoms with Crippen LogP contribution in [0.5, 0.6) is 0 Å². The van der Waals surface area contributed by atoms with Crippen LogP contribution < -0.4 is 5.32 Å². The van der Waals surface area contributed by atoms with E-state index in [9.17, 15) is 9.59 Å². The predicted octanol–water partition coefficient (Wildman–Crippen LogP) is 1.82. The van der Waals surface area contributed by atoms with E-state index in [4.69, 9.17) is 4.74 Å². The molecular formula is C20H31N3O3. The molecule has 1 aromatic carbocycles. The normalized spacial score (nSPS) is 21.4.